The fourth-order valence-electron chi connectivity index (χ4n) is 3.99. The van der Waals surface area contributed by atoms with Crippen molar-refractivity contribution in [2.45, 2.75) is 62.0 Å². The monoisotopic (exact) mass is 315 g/mol. The number of nitrogens with zero attached hydrogens (tertiary/aromatic N) is 1. The fourth-order valence-corrected chi connectivity index (χ4v) is 5.84. The summed E-state index contributed by atoms with van der Waals surface area (Å²) >= 11 is 2.20. The lowest BCUT2D eigenvalue weighted by atomic mass is 9.85. The normalized spacial score (nSPS) is 37.4. The van der Waals surface area contributed by atoms with Gasteiger partial charge in [0.15, 0.2) is 0 Å². The Morgan fingerprint density at radius 3 is 2.71 bits per heavy atom. The van der Waals surface area contributed by atoms with Crippen LogP contribution >= 0.6 is 11.8 Å². The molecule has 124 valence electrons. The highest BCUT2D eigenvalue weighted by molar-refractivity contribution is 8.01. The van der Waals surface area contributed by atoms with Gasteiger partial charge in [0, 0.05) is 43.4 Å². The molecule has 0 radical (unpaired) electrons. The van der Waals surface area contributed by atoms with Crippen LogP contribution in [0, 0.1) is 5.92 Å². The van der Waals surface area contributed by atoms with Crippen LogP contribution in [0.4, 0.5) is 0 Å². The van der Waals surface area contributed by atoms with E-state index in [0.717, 1.165) is 30.4 Å². The molecule has 2 fully saturated rings. The maximum absolute atomic E-state index is 5.51. The number of hydrogen-bond acceptors (Lipinski definition) is 4. The third kappa shape index (κ3) is 4.85. The van der Waals surface area contributed by atoms with E-state index in [1.165, 1.54) is 45.2 Å². The van der Waals surface area contributed by atoms with Gasteiger partial charge in [-0.15, -0.1) is 11.8 Å². The van der Waals surface area contributed by atoms with Crippen LogP contribution in [0.15, 0.2) is 0 Å². The molecule has 0 spiro atoms. The Hall–Kier alpha value is 0.230. The molecule has 4 atom stereocenters. The summed E-state index contributed by atoms with van der Waals surface area (Å²) in [6, 6.07) is 0.784. The van der Waals surface area contributed by atoms with Crippen molar-refractivity contribution < 1.29 is 9.47 Å². The summed E-state index contributed by atoms with van der Waals surface area (Å²) in [6.07, 6.45) is 6.58. The number of hydrogen-bond donors (Lipinski definition) is 0. The first-order valence-electron chi connectivity index (χ1n) is 8.48. The van der Waals surface area contributed by atoms with Crippen molar-refractivity contribution in [3.8, 4) is 0 Å². The van der Waals surface area contributed by atoms with E-state index >= 15 is 0 Å². The number of rotatable bonds is 7. The number of fused-ring (bicyclic) bond motifs is 1. The molecule has 0 aromatic heterocycles. The topological polar surface area (TPSA) is 21.7 Å². The van der Waals surface area contributed by atoms with Gasteiger partial charge in [-0.05, 0) is 51.5 Å². The predicted molar refractivity (Wildman–Crippen MR) is 91.1 cm³/mol. The lowest BCUT2D eigenvalue weighted by molar-refractivity contribution is 0.0836. The molecule has 2 unspecified atom stereocenters. The third-order valence-corrected chi connectivity index (χ3v) is 6.62. The maximum Gasteiger partial charge on any atom is 0.0619 e. The van der Waals surface area contributed by atoms with Crippen molar-refractivity contribution in [1.82, 2.24) is 4.90 Å². The first kappa shape index (κ1) is 17.6. The second-order valence-electron chi connectivity index (χ2n) is 7.20. The molecule has 1 aliphatic carbocycles. The molecule has 0 bridgehead atoms. The van der Waals surface area contributed by atoms with Gasteiger partial charge in [-0.2, -0.15) is 0 Å². The van der Waals surface area contributed by atoms with Gasteiger partial charge in [-0.25, -0.2) is 0 Å². The average molecular weight is 316 g/mol. The summed E-state index contributed by atoms with van der Waals surface area (Å²) in [5.41, 5.74) is 0. The van der Waals surface area contributed by atoms with E-state index in [9.17, 15) is 0 Å². The number of methoxy groups -OCH3 is 2. The molecule has 3 nitrogen and oxygen atoms in total. The predicted octanol–water partition coefficient (Wildman–Crippen LogP) is 3.42. The molecule has 1 aliphatic heterocycles. The molecule has 21 heavy (non-hydrogen) atoms. The lowest BCUT2D eigenvalue weighted by Crippen LogP contribution is -2.58. The van der Waals surface area contributed by atoms with Crippen LogP contribution in [0.5, 0.6) is 0 Å². The number of ether oxygens (including phenoxy) is 2. The van der Waals surface area contributed by atoms with E-state index in [-0.39, 0.29) is 4.75 Å². The van der Waals surface area contributed by atoms with Gasteiger partial charge in [-0.1, -0.05) is 6.92 Å². The summed E-state index contributed by atoms with van der Waals surface area (Å²) in [7, 11) is 3.63. The summed E-state index contributed by atoms with van der Waals surface area (Å²) in [5.74, 6) is 0.889. The van der Waals surface area contributed by atoms with Gasteiger partial charge < -0.3 is 9.47 Å². The van der Waals surface area contributed by atoms with E-state index in [0.29, 0.717) is 0 Å². The summed E-state index contributed by atoms with van der Waals surface area (Å²) in [6.45, 7) is 8.96. The Bertz CT molecular complexity index is 315. The molecule has 2 aliphatic rings. The van der Waals surface area contributed by atoms with Crippen LogP contribution in [-0.2, 0) is 9.47 Å². The zero-order valence-electron chi connectivity index (χ0n) is 14.3. The minimum Gasteiger partial charge on any atom is -0.385 e. The smallest absolute Gasteiger partial charge is 0.0619 e. The molecule has 0 N–H and O–H groups in total. The molecule has 4 heteroatoms. The van der Waals surface area contributed by atoms with Gasteiger partial charge in [0.2, 0.25) is 0 Å². The van der Waals surface area contributed by atoms with Gasteiger partial charge >= 0.3 is 0 Å². The van der Waals surface area contributed by atoms with Crippen LogP contribution < -0.4 is 0 Å². The molecule has 0 aromatic carbocycles. The highest BCUT2D eigenvalue weighted by Gasteiger charge is 2.44. The van der Waals surface area contributed by atoms with E-state index in [1.807, 2.05) is 7.11 Å². The lowest BCUT2D eigenvalue weighted by Gasteiger charge is -2.52. The van der Waals surface area contributed by atoms with Crippen LogP contribution in [0.1, 0.15) is 46.0 Å². The van der Waals surface area contributed by atoms with Crippen molar-refractivity contribution >= 4 is 11.8 Å². The average Bonchev–Trinajstić information content (AvgIpc) is 2.44. The number of unbranched alkanes of at least 4 members (excludes halogenated alkanes) is 1. The van der Waals surface area contributed by atoms with Crippen molar-refractivity contribution in [2.75, 3.05) is 40.5 Å². The molecule has 1 saturated heterocycles. The van der Waals surface area contributed by atoms with Crippen LogP contribution in [0.25, 0.3) is 0 Å². The van der Waals surface area contributed by atoms with Crippen LogP contribution in [-0.4, -0.2) is 61.5 Å². The summed E-state index contributed by atoms with van der Waals surface area (Å²) < 4.78 is 11.0. The van der Waals surface area contributed by atoms with Crippen LogP contribution in [0.2, 0.25) is 0 Å². The Morgan fingerprint density at radius 2 is 2.00 bits per heavy atom. The Balaban J connectivity index is 1.98. The maximum atomic E-state index is 5.51. The van der Waals surface area contributed by atoms with E-state index in [1.54, 1.807) is 7.11 Å². The van der Waals surface area contributed by atoms with Gasteiger partial charge in [0.05, 0.1) is 6.61 Å². The minimum atomic E-state index is 0.262. The Labute approximate surface area is 135 Å². The van der Waals surface area contributed by atoms with Crippen molar-refractivity contribution in [1.29, 1.82) is 0 Å². The van der Waals surface area contributed by atoms with E-state index in [2.05, 4.69) is 30.5 Å². The Kier molecular flexibility index (Phi) is 6.85. The molecule has 0 amide bonds. The van der Waals surface area contributed by atoms with Crippen molar-refractivity contribution in [3.05, 3.63) is 0 Å². The molecule has 1 heterocycles. The first-order valence-corrected chi connectivity index (χ1v) is 9.35. The molecular weight excluding hydrogens is 282 g/mol. The van der Waals surface area contributed by atoms with Gasteiger partial charge in [0.25, 0.3) is 0 Å². The highest BCUT2D eigenvalue weighted by atomic mass is 32.2. The fraction of sp³-hybridized carbons (Fsp3) is 1.00. The molecule has 1 saturated carbocycles. The van der Waals surface area contributed by atoms with E-state index in [4.69, 9.17) is 9.47 Å². The summed E-state index contributed by atoms with van der Waals surface area (Å²) in [5, 5.41) is 0.803. The highest BCUT2D eigenvalue weighted by Crippen LogP contribution is 2.45. The second kappa shape index (κ2) is 8.19. The Morgan fingerprint density at radius 1 is 1.19 bits per heavy atom. The molecule has 0 aromatic rings. The van der Waals surface area contributed by atoms with Crippen molar-refractivity contribution in [2.24, 2.45) is 5.92 Å². The number of thioether (sulfide) groups is 1. The zero-order chi connectivity index (χ0) is 15.3. The molecule has 2 rings (SSSR count). The van der Waals surface area contributed by atoms with Crippen molar-refractivity contribution in [3.63, 3.8) is 0 Å². The molecular formula is C17H33NO2S. The zero-order valence-corrected chi connectivity index (χ0v) is 15.1. The van der Waals surface area contributed by atoms with E-state index < -0.39 is 0 Å². The largest absolute Gasteiger partial charge is 0.385 e. The SMILES string of the molecule is COCCCCN1CC(C)(COC)S[C@H]2CC[C@@H](C)CC21. The minimum absolute atomic E-state index is 0.262. The first-order chi connectivity index (χ1) is 10.1. The standard InChI is InChI=1S/C17H33NO2S/c1-14-7-8-16-15(11-14)18(9-5-6-10-19-3)12-17(2,21-16)13-20-4/h14-16H,5-13H2,1-4H3/t14-,15?,16+,17?/m1/s1. The quantitative estimate of drug-likeness (QED) is 0.671. The van der Waals surface area contributed by atoms with Gasteiger partial charge in [-0.3, -0.25) is 4.90 Å². The van der Waals surface area contributed by atoms with Crippen LogP contribution in [0.3, 0.4) is 0 Å². The second-order valence-corrected chi connectivity index (χ2v) is 9.02. The summed E-state index contributed by atoms with van der Waals surface area (Å²) in [4.78, 5) is 2.77. The van der Waals surface area contributed by atoms with Gasteiger partial charge in [0.1, 0.15) is 0 Å². The third-order valence-electron chi connectivity index (χ3n) is 4.95.